The van der Waals surface area contributed by atoms with Crippen LogP contribution >= 0.6 is 0 Å². The summed E-state index contributed by atoms with van der Waals surface area (Å²) in [5.41, 5.74) is 3.56. The molecule has 1 aliphatic carbocycles. The minimum atomic E-state index is -0.946. The molecule has 0 aromatic heterocycles. The third-order valence-electron chi connectivity index (χ3n) is 5.88. The molecule has 0 amide bonds. The van der Waals surface area contributed by atoms with Crippen molar-refractivity contribution >= 4 is 5.97 Å². The molecule has 5 atom stereocenters. The van der Waals surface area contributed by atoms with Gasteiger partial charge in [-0.1, -0.05) is 11.6 Å². The summed E-state index contributed by atoms with van der Waals surface area (Å²) < 4.78 is 22.6. The van der Waals surface area contributed by atoms with Crippen molar-refractivity contribution in [3.63, 3.8) is 0 Å². The van der Waals surface area contributed by atoms with Crippen molar-refractivity contribution in [2.45, 2.75) is 57.3 Å². The first kappa shape index (κ1) is 17.0. The SMILES string of the molecule is CC(=O)OC1C(OC(C)O)C=C2CCN3Cc4cc5c(cc4C1C23)OCO5. The zero-order chi connectivity index (χ0) is 18.7. The summed E-state index contributed by atoms with van der Waals surface area (Å²) in [6.45, 7) is 4.99. The van der Waals surface area contributed by atoms with Crippen molar-refractivity contribution in [2.75, 3.05) is 13.3 Å². The van der Waals surface area contributed by atoms with Gasteiger partial charge in [0.25, 0.3) is 0 Å². The van der Waals surface area contributed by atoms with Gasteiger partial charge in [0.15, 0.2) is 17.8 Å². The number of esters is 1. The number of benzene rings is 1. The van der Waals surface area contributed by atoms with E-state index in [2.05, 4.69) is 4.90 Å². The molecule has 0 radical (unpaired) electrons. The highest BCUT2D eigenvalue weighted by atomic mass is 16.7. The molecule has 1 N–H and O–H groups in total. The van der Waals surface area contributed by atoms with Gasteiger partial charge in [-0.2, -0.15) is 0 Å². The smallest absolute Gasteiger partial charge is 0.303 e. The summed E-state index contributed by atoms with van der Waals surface area (Å²) in [6.07, 6.45) is 1.06. The van der Waals surface area contributed by atoms with Crippen LogP contribution in [0, 0.1) is 0 Å². The largest absolute Gasteiger partial charge is 0.459 e. The van der Waals surface area contributed by atoms with E-state index in [9.17, 15) is 9.90 Å². The molecule has 144 valence electrons. The number of nitrogens with zero attached hydrogens (tertiary/aromatic N) is 1. The summed E-state index contributed by atoms with van der Waals surface area (Å²) in [6, 6.07) is 4.24. The van der Waals surface area contributed by atoms with E-state index in [0.717, 1.165) is 42.1 Å². The van der Waals surface area contributed by atoms with Crippen LogP contribution in [0.25, 0.3) is 0 Å². The lowest BCUT2D eigenvalue weighted by molar-refractivity contribution is -0.176. The van der Waals surface area contributed by atoms with Crippen LogP contribution in [0.15, 0.2) is 23.8 Å². The van der Waals surface area contributed by atoms with Gasteiger partial charge in [-0.3, -0.25) is 9.69 Å². The number of fused-ring (bicyclic) bond motifs is 3. The second-order valence-corrected chi connectivity index (χ2v) is 7.61. The number of aliphatic hydroxyl groups excluding tert-OH is 1. The number of aliphatic hydroxyl groups is 1. The summed E-state index contributed by atoms with van der Waals surface area (Å²) in [5.74, 6) is 1.07. The normalized spacial score (nSPS) is 31.7. The lowest BCUT2D eigenvalue weighted by atomic mass is 9.73. The van der Waals surface area contributed by atoms with Crippen molar-refractivity contribution < 1.29 is 28.8 Å². The number of carbonyl (C=O) groups is 1. The molecule has 27 heavy (non-hydrogen) atoms. The van der Waals surface area contributed by atoms with E-state index in [4.69, 9.17) is 18.9 Å². The van der Waals surface area contributed by atoms with E-state index in [1.807, 2.05) is 18.2 Å². The second-order valence-electron chi connectivity index (χ2n) is 7.61. The van der Waals surface area contributed by atoms with Crippen molar-refractivity contribution in [1.29, 1.82) is 0 Å². The van der Waals surface area contributed by atoms with Crippen LogP contribution in [0.3, 0.4) is 0 Å². The highest BCUT2D eigenvalue weighted by molar-refractivity contribution is 5.66. The van der Waals surface area contributed by atoms with Gasteiger partial charge in [0.1, 0.15) is 12.2 Å². The maximum atomic E-state index is 11.9. The molecule has 5 unspecified atom stereocenters. The van der Waals surface area contributed by atoms with Gasteiger partial charge in [-0.05, 0) is 36.6 Å². The van der Waals surface area contributed by atoms with Crippen LogP contribution in [0.2, 0.25) is 0 Å². The Labute approximate surface area is 157 Å². The van der Waals surface area contributed by atoms with E-state index in [1.165, 1.54) is 12.5 Å². The fraction of sp³-hybridized carbons (Fsp3) is 0.550. The molecular weight excluding hydrogens is 350 g/mol. The molecule has 0 spiro atoms. The van der Waals surface area contributed by atoms with Crippen molar-refractivity contribution in [3.05, 3.63) is 34.9 Å². The Balaban J connectivity index is 1.63. The van der Waals surface area contributed by atoms with E-state index >= 15 is 0 Å². The quantitative estimate of drug-likeness (QED) is 0.491. The number of ether oxygens (including phenoxy) is 4. The summed E-state index contributed by atoms with van der Waals surface area (Å²) in [5, 5.41) is 9.81. The molecule has 3 heterocycles. The highest BCUT2D eigenvalue weighted by Crippen LogP contribution is 2.50. The average Bonchev–Trinajstić information content (AvgIpc) is 3.21. The molecule has 5 rings (SSSR count). The Morgan fingerprint density at radius 3 is 2.85 bits per heavy atom. The Morgan fingerprint density at radius 2 is 2.11 bits per heavy atom. The maximum Gasteiger partial charge on any atom is 0.303 e. The first-order valence-corrected chi connectivity index (χ1v) is 9.39. The third kappa shape index (κ3) is 2.72. The molecule has 4 aliphatic rings. The first-order valence-electron chi connectivity index (χ1n) is 9.39. The minimum absolute atomic E-state index is 0.0709. The molecule has 7 heteroatoms. The van der Waals surface area contributed by atoms with E-state index in [0.29, 0.717) is 0 Å². The standard InChI is InChI=1S/C20H23NO6/c1-10(22)26-17-5-12-3-4-21-8-13-6-15-16(25-9-24-15)7-14(13)18(19(12)21)20(17)27-11(2)23/h5-7,10,17-20,22H,3-4,8-9H2,1-2H3. The molecule has 3 aliphatic heterocycles. The summed E-state index contributed by atoms with van der Waals surface area (Å²) in [4.78, 5) is 14.3. The van der Waals surface area contributed by atoms with Gasteiger partial charge >= 0.3 is 5.97 Å². The predicted octanol–water partition coefficient (Wildman–Crippen LogP) is 1.68. The van der Waals surface area contributed by atoms with Crippen molar-refractivity contribution in [2.24, 2.45) is 0 Å². The monoisotopic (exact) mass is 373 g/mol. The third-order valence-corrected chi connectivity index (χ3v) is 5.88. The van der Waals surface area contributed by atoms with Gasteiger partial charge in [0, 0.05) is 32.0 Å². The van der Waals surface area contributed by atoms with E-state index in [-0.39, 0.29) is 24.7 Å². The van der Waals surface area contributed by atoms with Crippen LogP contribution in [0.1, 0.15) is 37.3 Å². The van der Waals surface area contributed by atoms with Gasteiger partial charge in [0.05, 0.1) is 0 Å². The maximum absolute atomic E-state index is 11.9. The highest BCUT2D eigenvalue weighted by Gasteiger charge is 2.51. The fourth-order valence-corrected chi connectivity index (χ4v) is 4.99. The average molecular weight is 373 g/mol. The lowest BCUT2D eigenvalue weighted by Gasteiger charge is -2.46. The fourth-order valence-electron chi connectivity index (χ4n) is 4.99. The minimum Gasteiger partial charge on any atom is -0.459 e. The van der Waals surface area contributed by atoms with Crippen LogP contribution < -0.4 is 9.47 Å². The van der Waals surface area contributed by atoms with Gasteiger partial charge in [0.2, 0.25) is 6.79 Å². The summed E-state index contributed by atoms with van der Waals surface area (Å²) >= 11 is 0. The molecule has 1 aromatic carbocycles. The molecule has 0 bridgehead atoms. The lowest BCUT2D eigenvalue weighted by Crippen LogP contribution is -2.52. The topological polar surface area (TPSA) is 77.5 Å². The Morgan fingerprint density at radius 1 is 1.33 bits per heavy atom. The van der Waals surface area contributed by atoms with Crippen LogP contribution in [-0.4, -0.2) is 53.9 Å². The van der Waals surface area contributed by atoms with Crippen LogP contribution in [0.4, 0.5) is 0 Å². The van der Waals surface area contributed by atoms with Gasteiger partial charge in [-0.25, -0.2) is 0 Å². The molecule has 7 nitrogen and oxygen atoms in total. The van der Waals surface area contributed by atoms with Crippen molar-refractivity contribution in [1.82, 2.24) is 4.90 Å². The van der Waals surface area contributed by atoms with E-state index in [1.54, 1.807) is 6.92 Å². The molecule has 1 aromatic rings. The van der Waals surface area contributed by atoms with Crippen LogP contribution in [0.5, 0.6) is 11.5 Å². The van der Waals surface area contributed by atoms with Crippen molar-refractivity contribution in [3.8, 4) is 11.5 Å². The predicted molar refractivity (Wildman–Crippen MR) is 94.3 cm³/mol. The zero-order valence-corrected chi connectivity index (χ0v) is 15.4. The number of hydrogen-bond donors (Lipinski definition) is 1. The van der Waals surface area contributed by atoms with Crippen LogP contribution in [-0.2, 0) is 20.8 Å². The Hall–Kier alpha value is -2.09. The Kier molecular flexibility index (Phi) is 3.93. The summed E-state index contributed by atoms with van der Waals surface area (Å²) in [7, 11) is 0. The van der Waals surface area contributed by atoms with Gasteiger partial charge in [-0.15, -0.1) is 0 Å². The first-order chi connectivity index (χ1) is 13.0. The Bertz CT molecular complexity index is 819. The molecule has 0 saturated carbocycles. The zero-order valence-electron chi connectivity index (χ0n) is 15.4. The molecule has 1 fully saturated rings. The number of hydrogen-bond acceptors (Lipinski definition) is 7. The van der Waals surface area contributed by atoms with Gasteiger partial charge < -0.3 is 24.1 Å². The molecular formula is C20H23NO6. The van der Waals surface area contributed by atoms with E-state index < -0.39 is 18.5 Å². The number of rotatable bonds is 3. The molecule has 1 saturated heterocycles. The second kappa shape index (κ2) is 6.22. The number of carbonyl (C=O) groups excluding carboxylic acids is 1.